The molecule has 1 aromatic heterocycles. The molecule has 1 aliphatic heterocycles. The summed E-state index contributed by atoms with van der Waals surface area (Å²) in [6.45, 7) is 1.07. The van der Waals surface area contributed by atoms with Crippen molar-refractivity contribution in [2.24, 2.45) is 0 Å². The molecule has 25 heavy (non-hydrogen) atoms. The van der Waals surface area contributed by atoms with Gasteiger partial charge >= 0.3 is 0 Å². The van der Waals surface area contributed by atoms with Crippen LogP contribution < -0.4 is 14.8 Å². The highest BCUT2D eigenvalue weighted by molar-refractivity contribution is 5.80. The van der Waals surface area contributed by atoms with Crippen molar-refractivity contribution in [3.8, 4) is 22.9 Å². The van der Waals surface area contributed by atoms with Crippen molar-refractivity contribution in [3.63, 3.8) is 0 Å². The molecule has 8 heteroatoms. The summed E-state index contributed by atoms with van der Waals surface area (Å²) < 4.78 is 21.1. The van der Waals surface area contributed by atoms with Crippen LogP contribution in [-0.2, 0) is 16.0 Å². The number of benzene rings is 1. The lowest BCUT2D eigenvalue weighted by atomic mass is 10.2. The number of nitrogens with one attached hydrogen (secondary N) is 1. The van der Waals surface area contributed by atoms with Crippen LogP contribution in [0.25, 0.3) is 11.4 Å². The summed E-state index contributed by atoms with van der Waals surface area (Å²) >= 11 is 0. The Morgan fingerprint density at radius 3 is 2.88 bits per heavy atom. The molecule has 1 N–H and O–H groups in total. The second-order valence-corrected chi connectivity index (χ2v) is 5.62. The van der Waals surface area contributed by atoms with Crippen molar-refractivity contribution < 1.29 is 23.5 Å². The van der Waals surface area contributed by atoms with Gasteiger partial charge in [-0.05, 0) is 31.0 Å². The first-order valence-corrected chi connectivity index (χ1v) is 8.15. The molecule has 3 rings (SSSR count). The van der Waals surface area contributed by atoms with E-state index in [9.17, 15) is 4.79 Å². The number of carbonyl (C=O) groups excluding carboxylic acids is 1. The van der Waals surface area contributed by atoms with Crippen LogP contribution >= 0.6 is 0 Å². The van der Waals surface area contributed by atoms with E-state index in [-0.39, 0.29) is 12.0 Å². The lowest BCUT2D eigenvalue weighted by molar-refractivity contribution is -0.130. The first kappa shape index (κ1) is 17.2. The smallest absolute Gasteiger partial charge is 0.249 e. The van der Waals surface area contributed by atoms with Crippen LogP contribution in [0, 0.1) is 0 Å². The molecule has 1 unspecified atom stereocenters. The molecule has 1 aromatic carbocycles. The molecule has 1 saturated heterocycles. The fourth-order valence-corrected chi connectivity index (χ4v) is 2.64. The van der Waals surface area contributed by atoms with E-state index in [4.69, 9.17) is 18.7 Å². The zero-order valence-corrected chi connectivity index (χ0v) is 14.3. The van der Waals surface area contributed by atoms with Gasteiger partial charge < -0.3 is 24.1 Å². The monoisotopic (exact) mass is 347 g/mol. The first-order valence-electron chi connectivity index (χ1n) is 8.15. The normalized spacial score (nSPS) is 16.6. The number of aromatic nitrogens is 2. The molecule has 8 nitrogen and oxygen atoms in total. The Bertz CT molecular complexity index is 725. The first-order chi connectivity index (χ1) is 12.2. The standard InChI is InChI=1S/C17H21N3O5/c1-22-12-6-5-11(10-14(12)23-2)16-19-15(25-20-16)7-8-18-17(21)13-4-3-9-24-13/h5-6,10,13H,3-4,7-9H2,1-2H3,(H,18,21). The van der Waals surface area contributed by atoms with E-state index in [0.29, 0.717) is 42.8 Å². The molecule has 2 heterocycles. The van der Waals surface area contributed by atoms with E-state index in [1.54, 1.807) is 26.4 Å². The number of ether oxygens (including phenoxy) is 3. The fourth-order valence-electron chi connectivity index (χ4n) is 2.64. The third kappa shape index (κ3) is 4.08. The van der Waals surface area contributed by atoms with Crippen molar-refractivity contribution in [1.82, 2.24) is 15.5 Å². The summed E-state index contributed by atoms with van der Waals surface area (Å²) in [5, 5.41) is 6.80. The van der Waals surface area contributed by atoms with E-state index in [1.807, 2.05) is 6.07 Å². The summed E-state index contributed by atoms with van der Waals surface area (Å²) in [4.78, 5) is 16.2. The van der Waals surface area contributed by atoms with E-state index < -0.39 is 0 Å². The van der Waals surface area contributed by atoms with Gasteiger partial charge in [-0.3, -0.25) is 4.79 Å². The molecule has 1 atom stereocenters. The molecular formula is C17H21N3O5. The van der Waals surface area contributed by atoms with Gasteiger partial charge in [-0.25, -0.2) is 0 Å². The SMILES string of the molecule is COc1ccc(-c2noc(CCNC(=O)C3CCCO3)n2)cc1OC. The average molecular weight is 347 g/mol. The lowest BCUT2D eigenvalue weighted by Gasteiger charge is -2.08. The Hall–Kier alpha value is -2.61. The van der Waals surface area contributed by atoms with E-state index in [2.05, 4.69) is 15.5 Å². The Balaban J connectivity index is 1.57. The number of nitrogens with zero attached hydrogens (tertiary/aromatic N) is 2. The van der Waals surface area contributed by atoms with Crippen molar-refractivity contribution in [2.45, 2.75) is 25.4 Å². The van der Waals surface area contributed by atoms with E-state index >= 15 is 0 Å². The van der Waals surface area contributed by atoms with Crippen LogP contribution in [0.2, 0.25) is 0 Å². The molecule has 1 aliphatic rings. The summed E-state index contributed by atoms with van der Waals surface area (Å²) in [7, 11) is 3.15. The number of carbonyl (C=O) groups is 1. The summed E-state index contributed by atoms with van der Waals surface area (Å²) in [5.41, 5.74) is 0.760. The number of methoxy groups -OCH3 is 2. The van der Waals surface area contributed by atoms with Gasteiger partial charge in [0.25, 0.3) is 0 Å². The zero-order valence-electron chi connectivity index (χ0n) is 14.3. The Kier molecular flexibility index (Phi) is 5.49. The predicted molar refractivity (Wildman–Crippen MR) is 88.5 cm³/mol. The minimum absolute atomic E-state index is 0.0860. The minimum atomic E-state index is -0.329. The topological polar surface area (TPSA) is 95.7 Å². The van der Waals surface area contributed by atoms with Gasteiger partial charge in [-0.2, -0.15) is 4.98 Å². The third-order valence-corrected chi connectivity index (χ3v) is 3.97. The highest BCUT2D eigenvalue weighted by Gasteiger charge is 2.23. The van der Waals surface area contributed by atoms with Gasteiger partial charge in [0.15, 0.2) is 11.5 Å². The van der Waals surface area contributed by atoms with Crippen LogP contribution in [0.1, 0.15) is 18.7 Å². The molecule has 0 bridgehead atoms. The van der Waals surface area contributed by atoms with Crippen molar-refractivity contribution in [3.05, 3.63) is 24.1 Å². The molecule has 0 saturated carbocycles. The maximum absolute atomic E-state index is 11.9. The van der Waals surface area contributed by atoms with Crippen molar-refractivity contribution >= 4 is 5.91 Å². The molecule has 1 amide bonds. The quantitative estimate of drug-likeness (QED) is 0.812. The van der Waals surface area contributed by atoms with Crippen molar-refractivity contribution in [1.29, 1.82) is 0 Å². The number of rotatable bonds is 7. The Morgan fingerprint density at radius 1 is 1.32 bits per heavy atom. The predicted octanol–water partition coefficient (Wildman–Crippen LogP) is 1.59. The highest BCUT2D eigenvalue weighted by Crippen LogP contribution is 2.31. The van der Waals surface area contributed by atoms with Gasteiger partial charge in [-0.1, -0.05) is 5.16 Å². The summed E-state index contributed by atoms with van der Waals surface area (Å²) in [5.74, 6) is 2.05. The van der Waals surface area contributed by atoms with Crippen LogP contribution in [-0.4, -0.2) is 49.5 Å². The van der Waals surface area contributed by atoms with Gasteiger partial charge in [0.2, 0.25) is 17.6 Å². The number of amides is 1. The summed E-state index contributed by atoms with van der Waals surface area (Å²) in [6, 6.07) is 5.40. The van der Waals surface area contributed by atoms with Gasteiger partial charge in [0, 0.05) is 25.1 Å². The lowest BCUT2D eigenvalue weighted by Crippen LogP contribution is -2.35. The van der Waals surface area contributed by atoms with Gasteiger partial charge in [0.05, 0.1) is 14.2 Å². The Morgan fingerprint density at radius 2 is 2.16 bits per heavy atom. The Labute approximate surface area is 145 Å². The van der Waals surface area contributed by atoms with Gasteiger partial charge in [-0.15, -0.1) is 0 Å². The molecule has 1 fully saturated rings. The minimum Gasteiger partial charge on any atom is -0.493 e. The maximum Gasteiger partial charge on any atom is 0.249 e. The molecule has 0 spiro atoms. The zero-order chi connectivity index (χ0) is 17.6. The average Bonchev–Trinajstić information content (AvgIpc) is 3.33. The molecular weight excluding hydrogens is 326 g/mol. The fraction of sp³-hybridized carbons (Fsp3) is 0.471. The van der Waals surface area contributed by atoms with Crippen LogP contribution in [0.5, 0.6) is 11.5 Å². The van der Waals surface area contributed by atoms with E-state index in [0.717, 1.165) is 18.4 Å². The molecule has 0 aliphatic carbocycles. The van der Waals surface area contributed by atoms with E-state index in [1.165, 1.54) is 0 Å². The third-order valence-electron chi connectivity index (χ3n) is 3.97. The molecule has 2 aromatic rings. The van der Waals surface area contributed by atoms with Crippen LogP contribution in [0.3, 0.4) is 0 Å². The van der Waals surface area contributed by atoms with Gasteiger partial charge in [0.1, 0.15) is 6.10 Å². The summed E-state index contributed by atoms with van der Waals surface area (Å²) in [6.07, 6.45) is 1.83. The highest BCUT2D eigenvalue weighted by atomic mass is 16.5. The van der Waals surface area contributed by atoms with Crippen molar-refractivity contribution in [2.75, 3.05) is 27.4 Å². The van der Waals surface area contributed by atoms with Crippen LogP contribution in [0.4, 0.5) is 0 Å². The largest absolute Gasteiger partial charge is 0.493 e. The second kappa shape index (κ2) is 7.98. The maximum atomic E-state index is 11.9. The van der Waals surface area contributed by atoms with Crippen LogP contribution in [0.15, 0.2) is 22.7 Å². The molecule has 134 valence electrons. The second-order valence-electron chi connectivity index (χ2n) is 5.62. The number of hydrogen-bond donors (Lipinski definition) is 1. The number of hydrogen-bond acceptors (Lipinski definition) is 7. The molecule has 0 radical (unpaired) electrons.